The zero-order chi connectivity index (χ0) is 25.5. The third-order valence-corrected chi connectivity index (χ3v) is 6.97. The molecule has 3 aromatic heterocycles. The number of nitriles is 1. The predicted molar refractivity (Wildman–Crippen MR) is 135 cm³/mol. The van der Waals surface area contributed by atoms with Gasteiger partial charge in [-0.2, -0.15) is 5.26 Å². The van der Waals surface area contributed by atoms with Gasteiger partial charge in [-0.3, -0.25) is 4.79 Å². The molecule has 5 heterocycles. The molecule has 2 aliphatic rings. The number of aryl methyl sites for hydroxylation is 1. The van der Waals surface area contributed by atoms with Gasteiger partial charge in [0.25, 0.3) is 0 Å². The number of amides is 1. The molecule has 188 valence electrons. The van der Waals surface area contributed by atoms with Gasteiger partial charge in [-0.15, -0.1) is 0 Å². The van der Waals surface area contributed by atoms with Gasteiger partial charge < -0.3 is 24.1 Å². The maximum Gasteiger partial charge on any atom is 0.222 e. The highest BCUT2D eigenvalue weighted by Crippen LogP contribution is 2.44. The lowest BCUT2D eigenvalue weighted by atomic mass is 9.89. The summed E-state index contributed by atoms with van der Waals surface area (Å²) in [7, 11) is 1.96. The van der Waals surface area contributed by atoms with Gasteiger partial charge in [0.15, 0.2) is 0 Å². The number of aromatic nitrogens is 3. The number of rotatable bonds is 6. The Hall–Kier alpha value is -3.48. The van der Waals surface area contributed by atoms with Crippen molar-refractivity contribution in [2.45, 2.75) is 45.6 Å². The summed E-state index contributed by atoms with van der Waals surface area (Å²) in [5.74, 6) is 1.08. The highest BCUT2D eigenvalue weighted by molar-refractivity contribution is 5.98. The smallest absolute Gasteiger partial charge is 0.222 e. The molecule has 2 aliphatic heterocycles. The summed E-state index contributed by atoms with van der Waals surface area (Å²) in [6, 6.07) is 6.20. The van der Waals surface area contributed by atoms with Crippen LogP contribution in [0.4, 0.5) is 5.82 Å². The molecule has 1 saturated heterocycles. The van der Waals surface area contributed by atoms with Crippen LogP contribution in [-0.4, -0.2) is 46.9 Å². The van der Waals surface area contributed by atoms with Crippen molar-refractivity contribution in [3.05, 3.63) is 35.8 Å². The molecule has 5 rings (SSSR count). The molecule has 3 aromatic rings. The van der Waals surface area contributed by atoms with Crippen LogP contribution in [0.3, 0.4) is 0 Å². The Labute approximate surface area is 210 Å². The molecule has 1 N–H and O–H groups in total. The minimum absolute atomic E-state index is 0.178. The van der Waals surface area contributed by atoms with Crippen LogP contribution in [0.2, 0.25) is 0 Å². The molecule has 1 fully saturated rings. The van der Waals surface area contributed by atoms with E-state index < -0.39 is 11.0 Å². The lowest BCUT2D eigenvalue weighted by molar-refractivity contribution is -0.114. The Kier molecular flexibility index (Phi) is 6.18. The molecule has 9 nitrogen and oxygen atoms in total. The van der Waals surface area contributed by atoms with E-state index in [1.165, 1.54) is 6.92 Å². The molecule has 1 spiro atoms. The number of nitrogens with zero attached hydrogens (tertiary/aromatic N) is 4. The van der Waals surface area contributed by atoms with Crippen molar-refractivity contribution in [3.8, 4) is 23.1 Å². The van der Waals surface area contributed by atoms with Crippen LogP contribution in [0.5, 0.6) is 5.75 Å². The fourth-order valence-electron chi connectivity index (χ4n) is 4.90. The lowest BCUT2D eigenvalue weighted by Gasteiger charge is -2.34. The zero-order valence-electron chi connectivity index (χ0n) is 21.2. The van der Waals surface area contributed by atoms with Crippen LogP contribution in [0.25, 0.3) is 22.2 Å². The van der Waals surface area contributed by atoms with E-state index in [0.29, 0.717) is 45.1 Å². The molecule has 1 atom stereocenters. The predicted octanol–water partition coefficient (Wildman–Crippen LogP) is 4.10. The molecule has 1 unspecified atom stereocenters. The SMILES string of the molecule is CC(=O)Nc1cc2c(-c3cc(OCCC(C)(C)C#N)c4c(n3)C3(CCOC3)OCC4)cn(C)c2cn1. The summed E-state index contributed by atoms with van der Waals surface area (Å²) in [4.78, 5) is 21.1. The summed E-state index contributed by atoms with van der Waals surface area (Å²) < 4.78 is 20.4. The van der Waals surface area contributed by atoms with E-state index >= 15 is 0 Å². The molecule has 9 heteroatoms. The Morgan fingerprint density at radius 1 is 1.36 bits per heavy atom. The highest BCUT2D eigenvalue weighted by Gasteiger charge is 2.44. The van der Waals surface area contributed by atoms with E-state index in [4.69, 9.17) is 19.2 Å². The van der Waals surface area contributed by atoms with Crippen molar-refractivity contribution < 1.29 is 19.0 Å². The molecule has 0 radical (unpaired) electrons. The van der Waals surface area contributed by atoms with Crippen LogP contribution < -0.4 is 10.1 Å². The Bertz CT molecular complexity index is 1360. The maximum atomic E-state index is 11.6. The van der Waals surface area contributed by atoms with E-state index in [-0.39, 0.29) is 5.91 Å². The van der Waals surface area contributed by atoms with Crippen LogP contribution in [0.1, 0.15) is 44.9 Å². The van der Waals surface area contributed by atoms with Gasteiger partial charge in [-0.1, -0.05) is 0 Å². The van der Waals surface area contributed by atoms with Gasteiger partial charge in [0, 0.05) is 62.2 Å². The molecule has 1 amide bonds. The van der Waals surface area contributed by atoms with E-state index in [1.54, 1.807) is 6.20 Å². The van der Waals surface area contributed by atoms with Crippen molar-refractivity contribution >= 4 is 22.6 Å². The minimum Gasteiger partial charge on any atom is -0.493 e. The number of nitrogens with one attached hydrogen (secondary N) is 1. The normalized spacial score (nSPS) is 19.3. The number of anilines is 1. The summed E-state index contributed by atoms with van der Waals surface area (Å²) in [6.07, 6.45) is 5.82. The second kappa shape index (κ2) is 9.19. The molecule has 0 bridgehead atoms. The average molecular weight is 490 g/mol. The van der Waals surface area contributed by atoms with Crippen molar-refractivity contribution in [1.29, 1.82) is 5.26 Å². The summed E-state index contributed by atoms with van der Waals surface area (Å²) in [6.45, 7) is 7.38. The first kappa shape index (κ1) is 24.2. The van der Waals surface area contributed by atoms with E-state index in [1.807, 2.05) is 43.8 Å². The maximum absolute atomic E-state index is 11.6. The third-order valence-electron chi connectivity index (χ3n) is 6.97. The number of carbonyl (C=O) groups excluding carboxylic acids is 1. The summed E-state index contributed by atoms with van der Waals surface area (Å²) in [5, 5.41) is 13.1. The monoisotopic (exact) mass is 489 g/mol. The quantitative estimate of drug-likeness (QED) is 0.555. The van der Waals surface area contributed by atoms with Crippen LogP contribution in [-0.2, 0) is 33.3 Å². The Morgan fingerprint density at radius 3 is 2.92 bits per heavy atom. The molecular formula is C27H31N5O4. The van der Waals surface area contributed by atoms with Crippen LogP contribution >= 0.6 is 0 Å². The first-order chi connectivity index (χ1) is 17.2. The lowest BCUT2D eigenvalue weighted by Crippen LogP contribution is -2.37. The first-order valence-electron chi connectivity index (χ1n) is 12.2. The number of hydrogen-bond donors (Lipinski definition) is 1. The van der Waals surface area contributed by atoms with Gasteiger partial charge >= 0.3 is 0 Å². The molecular weight excluding hydrogens is 458 g/mol. The molecule has 0 aromatic carbocycles. The van der Waals surface area contributed by atoms with E-state index in [9.17, 15) is 10.1 Å². The number of carbonyl (C=O) groups is 1. The van der Waals surface area contributed by atoms with Crippen molar-refractivity contribution in [3.63, 3.8) is 0 Å². The van der Waals surface area contributed by atoms with Crippen LogP contribution in [0.15, 0.2) is 24.5 Å². The second-order valence-corrected chi connectivity index (χ2v) is 10.2. The topological polar surface area (TPSA) is 111 Å². The number of hydrogen-bond acceptors (Lipinski definition) is 7. The largest absolute Gasteiger partial charge is 0.493 e. The zero-order valence-corrected chi connectivity index (χ0v) is 21.2. The van der Waals surface area contributed by atoms with Crippen molar-refractivity contribution in [2.75, 3.05) is 31.7 Å². The third kappa shape index (κ3) is 4.43. The standard InChI is InChI=1S/C27H31N5O4/c1-17(33)30-24-11-19-20(14-32(4)22(19)13-29-24)21-12-23(35-10-6-26(2,3)15-28)18-5-8-36-27(25(18)31-21)7-9-34-16-27/h11-14H,5-10,16H2,1-4H3,(H,29,30,33). The first-order valence-corrected chi connectivity index (χ1v) is 12.2. The minimum atomic E-state index is -0.582. The molecule has 0 saturated carbocycles. The van der Waals surface area contributed by atoms with Gasteiger partial charge in [0.2, 0.25) is 5.91 Å². The second-order valence-electron chi connectivity index (χ2n) is 10.2. The summed E-state index contributed by atoms with van der Waals surface area (Å²) in [5.41, 5.74) is 3.45. The Balaban J connectivity index is 1.63. The average Bonchev–Trinajstić information content (AvgIpc) is 3.44. The van der Waals surface area contributed by atoms with Gasteiger partial charge in [0.1, 0.15) is 17.2 Å². The number of fused-ring (bicyclic) bond motifs is 3. The van der Waals surface area contributed by atoms with Gasteiger partial charge in [0.05, 0.1) is 54.4 Å². The van der Waals surface area contributed by atoms with Gasteiger partial charge in [-0.05, 0) is 26.3 Å². The van der Waals surface area contributed by atoms with Crippen molar-refractivity contribution in [1.82, 2.24) is 14.5 Å². The highest BCUT2D eigenvalue weighted by atomic mass is 16.6. The number of ether oxygens (including phenoxy) is 3. The number of pyridine rings is 2. The summed E-state index contributed by atoms with van der Waals surface area (Å²) >= 11 is 0. The van der Waals surface area contributed by atoms with Crippen molar-refractivity contribution in [2.24, 2.45) is 12.5 Å². The van der Waals surface area contributed by atoms with E-state index in [2.05, 4.69) is 16.4 Å². The van der Waals surface area contributed by atoms with E-state index in [0.717, 1.165) is 45.6 Å². The Morgan fingerprint density at radius 2 is 2.19 bits per heavy atom. The van der Waals surface area contributed by atoms with Crippen LogP contribution in [0, 0.1) is 16.7 Å². The molecule has 36 heavy (non-hydrogen) atoms. The molecule has 0 aliphatic carbocycles. The fourth-order valence-corrected chi connectivity index (χ4v) is 4.90. The fraction of sp³-hybridized carbons (Fsp3) is 0.481. The van der Waals surface area contributed by atoms with Gasteiger partial charge in [-0.25, -0.2) is 9.97 Å².